The molecule has 0 atom stereocenters. The number of hydrogen-bond donors (Lipinski definition) is 0. The van der Waals surface area contributed by atoms with Gasteiger partial charge >= 0.3 is 0 Å². The molecule has 8 nitrogen and oxygen atoms in total. The van der Waals surface area contributed by atoms with Gasteiger partial charge in [0.1, 0.15) is 5.82 Å². The average Bonchev–Trinajstić information content (AvgIpc) is 3.40. The van der Waals surface area contributed by atoms with Gasteiger partial charge in [-0.15, -0.1) is 0 Å². The smallest absolute Gasteiger partial charge is 0.242 e. The van der Waals surface area contributed by atoms with E-state index in [1.54, 1.807) is 17.5 Å². The Morgan fingerprint density at radius 2 is 1.91 bits per heavy atom. The highest BCUT2D eigenvalue weighted by Crippen LogP contribution is 2.32. The molecule has 1 amide bonds. The maximum Gasteiger partial charge on any atom is 0.242 e. The van der Waals surface area contributed by atoms with Crippen molar-refractivity contribution in [3.8, 4) is 5.69 Å². The summed E-state index contributed by atoms with van der Waals surface area (Å²) in [5.74, 6) is 1.09. The zero-order chi connectivity index (χ0) is 22.9. The lowest BCUT2D eigenvalue weighted by molar-refractivity contribution is -0.129. The summed E-state index contributed by atoms with van der Waals surface area (Å²) in [6, 6.07) is 14.2. The molecule has 0 saturated carbocycles. The first-order valence-corrected chi connectivity index (χ1v) is 11.9. The minimum absolute atomic E-state index is 0.120. The van der Waals surface area contributed by atoms with Crippen LogP contribution in [0.5, 0.6) is 0 Å². The van der Waals surface area contributed by atoms with Crippen LogP contribution in [0.3, 0.4) is 0 Å². The third-order valence-corrected chi connectivity index (χ3v) is 7.20. The third kappa shape index (κ3) is 4.28. The van der Waals surface area contributed by atoms with Gasteiger partial charge in [-0.3, -0.25) is 4.79 Å². The van der Waals surface area contributed by atoms with Crippen molar-refractivity contribution in [1.82, 2.24) is 24.6 Å². The molecule has 33 heavy (non-hydrogen) atoms. The van der Waals surface area contributed by atoms with Crippen molar-refractivity contribution in [2.45, 2.75) is 13.8 Å². The first kappa shape index (κ1) is 21.4. The number of thiazole rings is 1. The second-order valence-electron chi connectivity index (χ2n) is 8.40. The molecule has 1 aliphatic heterocycles. The predicted molar refractivity (Wildman–Crippen MR) is 133 cm³/mol. The number of aryl methyl sites for hydroxylation is 2. The molecule has 0 spiro atoms. The summed E-state index contributed by atoms with van der Waals surface area (Å²) in [6.07, 6.45) is 1.81. The largest absolute Gasteiger partial charge is 0.353 e. The fourth-order valence-electron chi connectivity index (χ4n) is 4.12. The molecule has 1 fully saturated rings. The van der Waals surface area contributed by atoms with E-state index in [1.807, 2.05) is 58.8 Å². The van der Waals surface area contributed by atoms with Gasteiger partial charge in [0.15, 0.2) is 10.8 Å². The van der Waals surface area contributed by atoms with Gasteiger partial charge in [-0.05, 0) is 43.7 Å². The van der Waals surface area contributed by atoms with Gasteiger partial charge < -0.3 is 14.7 Å². The van der Waals surface area contributed by atoms with Crippen molar-refractivity contribution in [2.24, 2.45) is 0 Å². The quantitative estimate of drug-likeness (QED) is 0.454. The lowest BCUT2D eigenvalue weighted by Gasteiger charge is -2.36. The minimum Gasteiger partial charge on any atom is -0.353 e. The Morgan fingerprint density at radius 1 is 1.09 bits per heavy atom. The van der Waals surface area contributed by atoms with E-state index in [0.29, 0.717) is 19.6 Å². The molecule has 1 aliphatic rings. The molecule has 9 heteroatoms. The fraction of sp³-hybridized carbons (Fsp3) is 0.333. The lowest BCUT2D eigenvalue weighted by atomic mass is 10.2. The first-order valence-electron chi connectivity index (χ1n) is 11.1. The number of benzene rings is 1. The van der Waals surface area contributed by atoms with Crippen molar-refractivity contribution < 1.29 is 4.79 Å². The van der Waals surface area contributed by atoms with Crippen LogP contribution in [0.4, 0.5) is 10.9 Å². The number of fused-ring (bicyclic) bond motifs is 1. The van der Waals surface area contributed by atoms with Gasteiger partial charge in [-0.1, -0.05) is 29.5 Å². The van der Waals surface area contributed by atoms with Crippen LogP contribution < -0.4 is 9.80 Å². The van der Waals surface area contributed by atoms with Crippen LogP contribution >= 0.6 is 11.3 Å². The molecule has 3 aromatic heterocycles. The van der Waals surface area contributed by atoms with E-state index >= 15 is 0 Å². The zero-order valence-corrected chi connectivity index (χ0v) is 19.9. The van der Waals surface area contributed by atoms with E-state index in [0.717, 1.165) is 45.8 Å². The van der Waals surface area contributed by atoms with Crippen LogP contribution in [-0.4, -0.2) is 70.3 Å². The molecule has 0 bridgehead atoms. The lowest BCUT2D eigenvalue weighted by Crippen LogP contribution is -2.51. The van der Waals surface area contributed by atoms with E-state index in [4.69, 9.17) is 4.98 Å². The summed E-state index contributed by atoms with van der Waals surface area (Å²) in [7, 11) is 1.93. The van der Waals surface area contributed by atoms with Crippen molar-refractivity contribution in [3.05, 3.63) is 59.9 Å². The minimum atomic E-state index is 0.120. The molecule has 4 heterocycles. The maximum atomic E-state index is 13.0. The molecule has 1 saturated heterocycles. The van der Waals surface area contributed by atoms with Crippen LogP contribution in [0.15, 0.2) is 48.7 Å². The average molecular weight is 462 g/mol. The molecule has 0 N–H and O–H groups in total. The van der Waals surface area contributed by atoms with E-state index < -0.39 is 0 Å². The van der Waals surface area contributed by atoms with Crippen molar-refractivity contribution in [2.75, 3.05) is 49.6 Å². The van der Waals surface area contributed by atoms with Crippen LogP contribution in [0.2, 0.25) is 0 Å². The Kier molecular flexibility index (Phi) is 5.72. The standard InChI is InChI=1S/C24H27N7OS/c1-17-7-6-8-19(15-17)31-23-22(18(2)27-31)33-24(26-23)28(3)16-21(32)30-13-11-29(12-14-30)20-9-4-5-10-25-20/h4-10,15H,11-14,16H2,1-3H3. The number of piperazine rings is 1. The summed E-state index contributed by atoms with van der Waals surface area (Å²) in [6.45, 7) is 7.35. The second-order valence-corrected chi connectivity index (χ2v) is 9.37. The summed E-state index contributed by atoms with van der Waals surface area (Å²) in [5, 5.41) is 5.52. The first-order chi connectivity index (χ1) is 16.0. The Balaban J connectivity index is 1.27. The number of aromatic nitrogens is 4. The van der Waals surface area contributed by atoms with Crippen LogP contribution in [0.25, 0.3) is 16.0 Å². The number of nitrogens with zero attached hydrogens (tertiary/aromatic N) is 7. The molecule has 0 radical (unpaired) electrons. The number of amides is 1. The number of hydrogen-bond acceptors (Lipinski definition) is 7. The van der Waals surface area contributed by atoms with E-state index in [-0.39, 0.29) is 5.91 Å². The predicted octanol–water partition coefficient (Wildman–Crippen LogP) is 3.28. The highest BCUT2D eigenvalue weighted by molar-refractivity contribution is 7.22. The highest BCUT2D eigenvalue weighted by Gasteiger charge is 2.24. The molecule has 0 unspecified atom stereocenters. The van der Waals surface area contributed by atoms with Gasteiger partial charge in [-0.25, -0.2) is 9.67 Å². The molecular formula is C24H27N7OS. The molecule has 0 aliphatic carbocycles. The molecule has 1 aromatic carbocycles. The zero-order valence-electron chi connectivity index (χ0n) is 19.1. The molecule has 170 valence electrons. The second kappa shape index (κ2) is 8.82. The number of anilines is 2. The number of rotatable bonds is 5. The van der Waals surface area contributed by atoms with Crippen LogP contribution in [0.1, 0.15) is 11.3 Å². The highest BCUT2D eigenvalue weighted by atomic mass is 32.1. The number of carbonyl (C=O) groups excluding carboxylic acids is 1. The Bertz CT molecular complexity index is 1270. The fourth-order valence-corrected chi connectivity index (χ4v) is 5.07. The Labute approximate surface area is 197 Å². The van der Waals surface area contributed by atoms with Gasteiger partial charge in [0, 0.05) is 39.4 Å². The normalized spacial score (nSPS) is 14.2. The van der Waals surface area contributed by atoms with Gasteiger partial charge in [-0.2, -0.15) is 10.1 Å². The Morgan fingerprint density at radius 3 is 2.64 bits per heavy atom. The van der Waals surface area contributed by atoms with Gasteiger partial charge in [0.25, 0.3) is 0 Å². The van der Waals surface area contributed by atoms with Crippen molar-refractivity contribution >= 4 is 38.5 Å². The summed E-state index contributed by atoms with van der Waals surface area (Å²) in [4.78, 5) is 28.3. The topological polar surface area (TPSA) is 70.4 Å². The summed E-state index contributed by atoms with van der Waals surface area (Å²) >= 11 is 1.58. The number of likely N-dealkylation sites (N-methyl/N-ethyl adjacent to an activating group) is 1. The number of pyridine rings is 1. The van der Waals surface area contributed by atoms with Crippen molar-refractivity contribution in [3.63, 3.8) is 0 Å². The van der Waals surface area contributed by atoms with E-state index in [2.05, 4.69) is 34.0 Å². The number of carbonyl (C=O) groups is 1. The van der Waals surface area contributed by atoms with Gasteiger partial charge in [0.2, 0.25) is 5.91 Å². The Hall–Kier alpha value is -3.46. The van der Waals surface area contributed by atoms with Crippen LogP contribution in [-0.2, 0) is 4.79 Å². The summed E-state index contributed by atoms with van der Waals surface area (Å²) in [5.41, 5.74) is 3.95. The van der Waals surface area contributed by atoms with Gasteiger partial charge in [0.05, 0.1) is 22.6 Å². The monoisotopic (exact) mass is 461 g/mol. The SMILES string of the molecule is Cc1cccc(-n2nc(C)c3sc(N(C)CC(=O)N4CCN(c5ccccn5)CC4)nc32)c1. The van der Waals surface area contributed by atoms with E-state index in [9.17, 15) is 4.79 Å². The van der Waals surface area contributed by atoms with E-state index in [1.165, 1.54) is 5.56 Å². The van der Waals surface area contributed by atoms with Crippen molar-refractivity contribution in [1.29, 1.82) is 0 Å². The maximum absolute atomic E-state index is 13.0. The molecular weight excluding hydrogens is 434 g/mol. The van der Waals surface area contributed by atoms with Crippen LogP contribution in [0, 0.1) is 13.8 Å². The summed E-state index contributed by atoms with van der Waals surface area (Å²) < 4.78 is 2.94. The third-order valence-electron chi connectivity index (χ3n) is 5.93. The molecule has 4 aromatic rings. The molecule has 5 rings (SSSR count).